The van der Waals surface area contributed by atoms with Crippen molar-refractivity contribution in [1.29, 1.82) is 0 Å². The lowest BCUT2D eigenvalue weighted by Gasteiger charge is -2.05. The van der Waals surface area contributed by atoms with Gasteiger partial charge in [0, 0.05) is 4.47 Å². The van der Waals surface area contributed by atoms with Gasteiger partial charge >= 0.3 is 5.97 Å². The van der Waals surface area contributed by atoms with Gasteiger partial charge in [-0.1, -0.05) is 22.0 Å². The first kappa shape index (κ1) is 10.3. The molecule has 70 valence electrons. The zero-order valence-corrected chi connectivity index (χ0v) is 9.22. The molecule has 0 amide bonds. The summed E-state index contributed by atoms with van der Waals surface area (Å²) in [6.07, 6.45) is 0. The molecule has 0 aromatic heterocycles. The van der Waals surface area contributed by atoms with E-state index in [1.807, 2.05) is 19.1 Å². The molecule has 0 aliphatic carbocycles. The van der Waals surface area contributed by atoms with E-state index in [9.17, 15) is 4.79 Å². The fourth-order valence-electron chi connectivity index (χ4n) is 1.04. The first-order valence-electron chi connectivity index (χ1n) is 4.09. The maximum absolute atomic E-state index is 11.4. The van der Waals surface area contributed by atoms with Crippen LogP contribution in [0.5, 0.6) is 0 Å². The maximum atomic E-state index is 11.4. The molecule has 1 aromatic rings. The molecule has 3 heteroatoms. The van der Waals surface area contributed by atoms with Gasteiger partial charge in [-0.05, 0) is 31.5 Å². The second-order valence-electron chi connectivity index (χ2n) is 2.63. The minimum atomic E-state index is -0.263. The highest BCUT2D eigenvalue weighted by atomic mass is 79.9. The molecule has 0 heterocycles. The van der Waals surface area contributed by atoms with Gasteiger partial charge in [-0.2, -0.15) is 0 Å². The van der Waals surface area contributed by atoms with Crippen LogP contribution in [0, 0.1) is 6.92 Å². The van der Waals surface area contributed by atoms with Crippen LogP contribution in [0.3, 0.4) is 0 Å². The molecule has 0 bridgehead atoms. The van der Waals surface area contributed by atoms with Gasteiger partial charge in [0.25, 0.3) is 0 Å². The fourth-order valence-corrected chi connectivity index (χ4v) is 1.40. The number of benzene rings is 1. The Kier molecular flexibility index (Phi) is 3.48. The van der Waals surface area contributed by atoms with E-state index in [4.69, 9.17) is 4.74 Å². The van der Waals surface area contributed by atoms with Crippen molar-refractivity contribution < 1.29 is 9.53 Å². The second kappa shape index (κ2) is 4.42. The van der Waals surface area contributed by atoms with Crippen molar-refractivity contribution >= 4 is 21.9 Å². The Morgan fingerprint density at radius 2 is 2.23 bits per heavy atom. The summed E-state index contributed by atoms with van der Waals surface area (Å²) in [5, 5.41) is 0. The molecule has 0 spiro atoms. The highest BCUT2D eigenvalue weighted by Gasteiger charge is 2.10. The topological polar surface area (TPSA) is 26.3 Å². The van der Waals surface area contributed by atoms with Crippen molar-refractivity contribution in [3.63, 3.8) is 0 Å². The Morgan fingerprint density at radius 1 is 1.54 bits per heavy atom. The maximum Gasteiger partial charge on any atom is 0.338 e. The molecule has 0 saturated heterocycles. The van der Waals surface area contributed by atoms with Gasteiger partial charge in [-0.15, -0.1) is 0 Å². The van der Waals surface area contributed by atoms with Crippen LogP contribution >= 0.6 is 15.9 Å². The van der Waals surface area contributed by atoms with Crippen LogP contribution in [0.25, 0.3) is 0 Å². The lowest BCUT2D eigenvalue weighted by Crippen LogP contribution is -2.06. The van der Waals surface area contributed by atoms with Crippen molar-refractivity contribution in [2.24, 2.45) is 0 Å². The van der Waals surface area contributed by atoms with E-state index in [0.717, 1.165) is 10.0 Å². The number of esters is 1. The van der Waals surface area contributed by atoms with Crippen LogP contribution in [0.4, 0.5) is 0 Å². The van der Waals surface area contributed by atoms with Gasteiger partial charge in [0.05, 0.1) is 12.2 Å². The van der Waals surface area contributed by atoms with Crippen molar-refractivity contribution in [1.82, 2.24) is 0 Å². The first-order chi connectivity index (χ1) is 6.16. The molecule has 2 nitrogen and oxygen atoms in total. The van der Waals surface area contributed by atoms with Gasteiger partial charge in [-0.25, -0.2) is 4.79 Å². The molecule has 13 heavy (non-hydrogen) atoms. The average molecular weight is 243 g/mol. The Hall–Kier alpha value is -0.830. The van der Waals surface area contributed by atoms with Crippen LogP contribution in [-0.4, -0.2) is 12.6 Å². The third kappa shape index (κ3) is 2.31. The van der Waals surface area contributed by atoms with Crippen LogP contribution in [-0.2, 0) is 4.74 Å². The molecule has 0 radical (unpaired) electrons. The minimum Gasteiger partial charge on any atom is -0.462 e. The van der Waals surface area contributed by atoms with Crippen molar-refractivity contribution in [2.75, 3.05) is 6.61 Å². The van der Waals surface area contributed by atoms with Crippen LogP contribution in [0.2, 0.25) is 0 Å². The molecule has 0 N–H and O–H groups in total. The van der Waals surface area contributed by atoms with Gasteiger partial charge in [0.1, 0.15) is 0 Å². The van der Waals surface area contributed by atoms with E-state index in [2.05, 4.69) is 15.9 Å². The monoisotopic (exact) mass is 242 g/mol. The summed E-state index contributed by atoms with van der Waals surface area (Å²) < 4.78 is 5.83. The minimum absolute atomic E-state index is 0.263. The quantitative estimate of drug-likeness (QED) is 0.746. The predicted molar refractivity (Wildman–Crippen MR) is 54.8 cm³/mol. The summed E-state index contributed by atoms with van der Waals surface area (Å²) >= 11 is 3.36. The highest BCUT2D eigenvalue weighted by molar-refractivity contribution is 9.10. The van der Waals surface area contributed by atoms with E-state index >= 15 is 0 Å². The summed E-state index contributed by atoms with van der Waals surface area (Å²) in [4.78, 5) is 11.4. The second-order valence-corrected chi connectivity index (χ2v) is 3.49. The third-order valence-electron chi connectivity index (χ3n) is 1.76. The lowest BCUT2D eigenvalue weighted by atomic mass is 10.1. The number of hydrogen-bond donors (Lipinski definition) is 0. The molecule has 0 aliphatic rings. The number of carbonyl (C=O) groups excluding carboxylic acids is 1. The van der Waals surface area contributed by atoms with Crippen LogP contribution < -0.4 is 0 Å². The normalized spacial score (nSPS) is 9.77. The van der Waals surface area contributed by atoms with Gasteiger partial charge in [0.15, 0.2) is 0 Å². The number of ether oxygens (including phenoxy) is 1. The number of carbonyl (C=O) groups is 1. The fraction of sp³-hybridized carbons (Fsp3) is 0.300. The molecular weight excluding hydrogens is 232 g/mol. The zero-order chi connectivity index (χ0) is 9.84. The molecule has 0 atom stereocenters. The summed E-state index contributed by atoms with van der Waals surface area (Å²) in [7, 11) is 0. The Labute approximate surface area is 86.0 Å². The van der Waals surface area contributed by atoms with E-state index in [1.165, 1.54) is 0 Å². The smallest absolute Gasteiger partial charge is 0.338 e. The van der Waals surface area contributed by atoms with Crippen LogP contribution in [0.1, 0.15) is 22.8 Å². The molecule has 1 rings (SSSR count). The van der Waals surface area contributed by atoms with E-state index in [-0.39, 0.29) is 5.97 Å². The van der Waals surface area contributed by atoms with E-state index in [1.54, 1.807) is 13.0 Å². The summed E-state index contributed by atoms with van der Waals surface area (Å²) in [6, 6.07) is 5.49. The summed E-state index contributed by atoms with van der Waals surface area (Å²) in [5.74, 6) is -0.263. The van der Waals surface area contributed by atoms with Crippen LogP contribution in [0.15, 0.2) is 22.7 Å². The molecule has 0 unspecified atom stereocenters. The SMILES string of the molecule is CCOC(=O)c1cccc(Br)c1C. The van der Waals surface area contributed by atoms with Gasteiger partial charge in [0.2, 0.25) is 0 Å². The van der Waals surface area contributed by atoms with Crippen molar-refractivity contribution in [2.45, 2.75) is 13.8 Å². The molecule has 0 saturated carbocycles. The van der Waals surface area contributed by atoms with Gasteiger partial charge in [-0.3, -0.25) is 0 Å². The molecular formula is C10H11BrO2. The number of rotatable bonds is 2. The largest absolute Gasteiger partial charge is 0.462 e. The van der Waals surface area contributed by atoms with E-state index in [0.29, 0.717) is 12.2 Å². The lowest BCUT2D eigenvalue weighted by molar-refractivity contribution is 0.0525. The van der Waals surface area contributed by atoms with E-state index < -0.39 is 0 Å². The predicted octanol–water partition coefficient (Wildman–Crippen LogP) is 2.93. The first-order valence-corrected chi connectivity index (χ1v) is 4.88. The molecule has 1 aromatic carbocycles. The Bertz CT molecular complexity index is 321. The third-order valence-corrected chi connectivity index (χ3v) is 2.62. The standard InChI is InChI=1S/C10H11BrO2/c1-3-13-10(12)8-5-4-6-9(11)7(8)2/h4-6H,3H2,1-2H3. The van der Waals surface area contributed by atoms with Gasteiger partial charge < -0.3 is 4.74 Å². The van der Waals surface area contributed by atoms with Crippen molar-refractivity contribution in [3.8, 4) is 0 Å². The molecule has 0 fully saturated rings. The summed E-state index contributed by atoms with van der Waals surface area (Å²) in [5.41, 5.74) is 1.54. The highest BCUT2D eigenvalue weighted by Crippen LogP contribution is 2.19. The Balaban J connectivity index is 3.01. The number of halogens is 1. The molecule has 0 aliphatic heterocycles. The van der Waals surface area contributed by atoms with Crippen molar-refractivity contribution in [3.05, 3.63) is 33.8 Å². The number of hydrogen-bond acceptors (Lipinski definition) is 2. The zero-order valence-electron chi connectivity index (χ0n) is 7.63. The summed E-state index contributed by atoms with van der Waals surface area (Å²) in [6.45, 7) is 4.09. The Morgan fingerprint density at radius 3 is 2.85 bits per heavy atom. The average Bonchev–Trinajstić information content (AvgIpc) is 2.10.